The Morgan fingerprint density at radius 2 is 1.06 bits per heavy atom. The number of allylic oxidation sites excluding steroid dienone is 13. The lowest BCUT2D eigenvalue weighted by Gasteiger charge is -2.20. The van der Waals surface area contributed by atoms with Crippen LogP contribution in [0.4, 0.5) is 0 Å². The number of carbonyl (C=O) groups is 1. The highest BCUT2D eigenvalue weighted by Crippen LogP contribution is 2.43. The van der Waals surface area contributed by atoms with Crippen molar-refractivity contribution in [3.8, 4) is 0 Å². The third kappa shape index (κ3) is 39.3. The van der Waals surface area contributed by atoms with Crippen molar-refractivity contribution in [1.82, 2.24) is 0 Å². The quantitative estimate of drug-likeness (QED) is 0.0242. The molecule has 0 aromatic carbocycles. The first-order valence-corrected chi connectivity index (χ1v) is 22.1. The standard InChI is InChI=1S/C44H75O9P/c1-3-5-7-9-11-13-15-17-19-20-21-23-25-27-29-31-33-35-37-50-40-43(41-52-54(48,49)51-39-42(46)38-45)53-44(47)36-34-32-30-28-26-24-22-18-16-14-12-10-8-6-4-2/h6,8,11-14,17-19,22,26,28,32,34,42-43,45-46H,3-5,7,9-10,15-16,20-21,23-25,27,29-31,33,35-41H2,1-2H3,(H,48,49)/b8-6-,13-11-,14-12-,19-17-,22-18-,28-26-,34-32-. The molecule has 0 rings (SSSR count). The molecule has 0 aliphatic carbocycles. The molecule has 3 unspecified atom stereocenters. The van der Waals surface area contributed by atoms with E-state index in [4.69, 9.17) is 23.6 Å². The lowest BCUT2D eigenvalue weighted by molar-refractivity contribution is -0.153. The molecule has 0 saturated carbocycles. The van der Waals surface area contributed by atoms with Crippen LogP contribution < -0.4 is 0 Å². The Kier molecular flexibility index (Phi) is 38.5. The summed E-state index contributed by atoms with van der Waals surface area (Å²) in [5, 5.41) is 18.3. The summed E-state index contributed by atoms with van der Waals surface area (Å²) < 4.78 is 33.2. The van der Waals surface area contributed by atoms with E-state index in [1.807, 2.05) is 12.2 Å². The number of aliphatic hydroxyl groups excluding tert-OH is 2. The smallest absolute Gasteiger partial charge is 0.457 e. The van der Waals surface area contributed by atoms with E-state index in [0.29, 0.717) is 13.0 Å². The molecular formula is C44H75O9P. The summed E-state index contributed by atoms with van der Waals surface area (Å²) in [5.74, 6) is -0.515. The predicted octanol–water partition coefficient (Wildman–Crippen LogP) is 11.1. The minimum atomic E-state index is -4.55. The number of rotatable bonds is 38. The predicted molar refractivity (Wildman–Crippen MR) is 223 cm³/mol. The average Bonchev–Trinajstić information content (AvgIpc) is 3.16. The van der Waals surface area contributed by atoms with Gasteiger partial charge in [-0.3, -0.25) is 13.8 Å². The first kappa shape index (κ1) is 51.6. The zero-order valence-corrected chi connectivity index (χ0v) is 34.5. The fraction of sp³-hybridized carbons (Fsp3) is 0.659. The maximum Gasteiger partial charge on any atom is 0.472 e. The molecule has 0 aliphatic heterocycles. The molecule has 3 N–H and O–H groups in total. The maximum absolute atomic E-state index is 12.5. The fourth-order valence-electron chi connectivity index (χ4n) is 4.99. The van der Waals surface area contributed by atoms with E-state index < -0.39 is 45.8 Å². The molecule has 310 valence electrons. The van der Waals surface area contributed by atoms with Crippen molar-refractivity contribution in [3.05, 3.63) is 85.1 Å². The van der Waals surface area contributed by atoms with E-state index >= 15 is 0 Å². The van der Waals surface area contributed by atoms with Crippen molar-refractivity contribution >= 4 is 13.8 Å². The first-order chi connectivity index (χ1) is 26.3. The van der Waals surface area contributed by atoms with Crippen molar-refractivity contribution in [1.29, 1.82) is 0 Å². The van der Waals surface area contributed by atoms with E-state index in [2.05, 4.69) is 80.7 Å². The average molecular weight is 779 g/mol. The van der Waals surface area contributed by atoms with Gasteiger partial charge in [0.25, 0.3) is 0 Å². The highest BCUT2D eigenvalue weighted by atomic mass is 31.2. The van der Waals surface area contributed by atoms with Gasteiger partial charge in [-0.15, -0.1) is 0 Å². The summed E-state index contributed by atoms with van der Waals surface area (Å²) in [6.07, 6.45) is 48.5. The molecule has 0 aliphatic rings. The fourth-order valence-corrected chi connectivity index (χ4v) is 5.78. The van der Waals surface area contributed by atoms with Crippen LogP contribution in [0.3, 0.4) is 0 Å². The van der Waals surface area contributed by atoms with E-state index in [-0.39, 0.29) is 13.0 Å². The second-order valence-corrected chi connectivity index (χ2v) is 14.7. The number of aliphatic hydroxyl groups is 2. The molecule has 0 heterocycles. The molecule has 9 nitrogen and oxygen atoms in total. The minimum Gasteiger partial charge on any atom is -0.457 e. The van der Waals surface area contributed by atoms with Crippen LogP contribution in [0.2, 0.25) is 0 Å². The SMILES string of the molecule is CC/C=C\C/C=C\C/C=C\C/C=C\C/C=C\CC(=O)OC(COCCCCCCCCCC/C=C\C/C=C\CCCCC)COP(=O)(O)OCC(O)CO. The van der Waals surface area contributed by atoms with Gasteiger partial charge in [-0.05, 0) is 70.6 Å². The van der Waals surface area contributed by atoms with Crippen LogP contribution in [0, 0.1) is 0 Å². The Labute approximate surface area is 328 Å². The van der Waals surface area contributed by atoms with E-state index in [1.165, 1.54) is 57.8 Å². The van der Waals surface area contributed by atoms with Crippen LogP contribution in [-0.4, -0.2) is 66.3 Å². The van der Waals surface area contributed by atoms with Gasteiger partial charge >= 0.3 is 13.8 Å². The molecule has 0 bridgehead atoms. The molecule has 0 saturated heterocycles. The monoisotopic (exact) mass is 779 g/mol. The summed E-state index contributed by atoms with van der Waals surface area (Å²) in [5.41, 5.74) is 0. The molecule has 3 atom stereocenters. The number of ether oxygens (including phenoxy) is 2. The summed E-state index contributed by atoms with van der Waals surface area (Å²) in [7, 11) is -4.55. The Bertz CT molecular complexity index is 1110. The number of esters is 1. The number of unbranched alkanes of at least 4 members (excludes halogenated alkanes) is 11. The second kappa shape index (κ2) is 40.3. The Morgan fingerprint density at radius 1 is 0.593 bits per heavy atom. The van der Waals surface area contributed by atoms with Gasteiger partial charge < -0.3 is 24.6 Å². The molecule has 10 heteroatoms. The van der Waals surface area contributed by atoms with Gasteiger partial charge in [0.15, 0.2) is 0 Å². The van der Waals surface area contributed by atoms with Crippen LogP contribution in [0.1, 0.15) is 142 Å². The third-order valence-corrected chi connectivity index (χ3v) is 9.05. The van der Waals surface area contributed by atoms with Crippen LogP contribution in [0.25, 0.3) is 0 Å². The molecule has 0 radical (unpaired) electrons. The highest BCUT2D eigenvalue weighted by Gasteiger charge is 2.26. The van der Waals surface area contributed by atoms with Crippen LogP contribution in [-0.2, 0) is 27.9 Å². The van der Waals surface area contributed by atoms with Crippen molar-refractivity contribution in [2.75, 3.05) is 33.0 Å². The normalized spacial score (nSPS) is 15.0. The molecule has 0 spiro atoms. The highest BCUT2D eigenvalue weighted by molar-refractivity contribution is 7.47. The van der Waals surface area contributed by atoms with Crippen LogP contribution in [0.5, 0.6) is 0 Å². The van der Waals surface area contributed by atoms with Crippen molar-refractivity contribution in [2.24, 2.45) is 0 Å². The van der Waals surface area contributed by atoms with Gasteiger partial charge in [0.2, 0.25) is 0 Å². The summed E-state index contributed by atoms with van der Waals surface area (Å²) in [4.78, 5) is 22.5. The molecule has 0 fully saturated rings. The van der Waals surface area contributed by atoms with Crippen molar-refractivity contribution in [3.63, 3.8) is 0 Å². The molecule has 0 amide bonds. The van der Waals surface area contributed by atoms with Crippen molar-refractivity contribution in [2.45, 2.75) is 154 Å². The Morgan fingerprint density at radius 3 is 1.59 bits per heavy atom. The first-order valence-electron chi connectivity index (χ1n) is 20.6. The van der Waals surface area contributed by atoms with Gasteiger partial charge in [0, 0.05) is 6.61 Å². The number of hydrogen-bond donors (Lipinski definition) is 3. The van der Waals surface area contributed by atoms with Crippen LogP contribution in [0.15, 0.2) is 85.1 Å². The van der Waals surface area contributed by atoms with Crippen molar-refractivity contribution < 1.29 is 43.0 Å². The van der Waals surface area contributed by atoms with Gasteiger partial charge in [0.1, 0.15) is 12.2 Å². The number of carbonyl (C=O) groups excluding carboxylic acids is 1. The molecule has 0 aromatic rings. The largest absolute Gasteiger partial charge is 0.472 e. The van der Waals surface area contributed by atoms with Crippen LogP contribution >= 0.6 is 7.82 Å². The van der Waals surface area contributed by atoms with Gasteiger partial charge in [-0.25, -0.2) is 4.57 Å². The third-order valence-electron chi connectivity index (χ3n) is 8.10. The zero-order chi connectivity index (χ0) is 39.6. The van der Waals surface area contributed by atoms with Gasteiger partial charge in [0.05, 0.1) is 32.8 Å². The lowest BCUT2D eigenvalue weighted by atomic mass is 10.1. The summed E-state index contributed by atoms with van der Waals surface area (Å²) in [6.45, 7) is 3.20. The summed E-state index contributed by atoms with van der Waals surface area (Å²) in [6, 6.07) is 0. The van der Waals surface area contributed by atoms with E-state index in [0.717, 1.165) is 57.8 Å². The minimum absolute atomic E-state index is 0.000361. The summed E-state index contributed by atoms with van der Waals surface area (Å²) >= 11 is 0. The number of hydrogen-bond acceptors (Lipinski definition) is 8. The zero-order valence-electron chi connectivity index (χ0n) is 33.7. The number of phosphoric ester groups is 1. The topological polar surface area (TPSA) is 132 Å². The Hall–Kier alpha value is -2.36. The number of phosphoric acid groups is 1. The van der Waals surface area contributed by atoms with E-state index in [1.54, 1.807) is 6.08 Å². The second-order valence-electron chi connectivity index (χ2n) is 13.3. The molecular weight excluding hydrogens is 703 g/mol. The van der Waals surface area contributed by atoms with Gasteiger partial charge in [-0.1, -0.05) is 150 Å². The lowest BCUT2D eigenvalue weighted by Crippen LogP contribution is -2.28. The molecule has 0 aromatic heterocycles. The maximum atomic E-state index is 12.5. The van der Waals surface area contributed by atoms with Gasteiger partial charge in [-0.2, -0.15) is 0 Å². The van der Waals surface area contributed by atoms with E-state index in [9.17, 15) is 19.4 Å². The Balaban J connectivity index is 4.34. The molecule has 54 heavy (non-hydrogen) atoms.